The topological polar surface area (TPSA) is 38.1 Å². The summed E-state index contributed by atoms with van der Waals surface area (Å²) in [6.07, 6.45) is 3.37. The van der Waals surface area contributed by atoms with Gasteiger partial charge in [-0.3, -0.25) is 0 Å². The zero-order valence-corrected chi connectivity index (χ0v) is 10.5. The molecule has 2 rings (SSSR count). The lowest BCUT2D eigenvalue weighted by Gasteiger charge is -2.19. The van der Waals surface area contributed by atoms with E-state index >= 15 is 0 Å². The number of nitrogens with zero attached hydrogens (tertiary/aromatic N) is 1. The third-order valence-electron chi connectivity index (χ3n) is 2.73. The number of anilines is 1. The average Bonchev–Trinajstić information content (AvgIpc) is 2.78. The van der Waals surface area contributed by atoms with Gasteiger partial charge < -0.3 is 9.84 Å². The molecule has 3 nitrogen and oxygen atoms in total. The van der Waals surface area contributed by atoms with Crippen LogP contribution in [0.25, 0.3) is 0 Å². The Morgan fingerprint density at radius 1 is 1.18 bits per heavy atom. The highest BCUT2D eigenvalue weighted by atomic mass is 16.5. The number of hydrogen-bond acceptors (Lipinski definition) is 3. The molecule has 0 saturated carbocycles. The van der Waals surface area contributed by atoms with E-state index in [2.05, 4.69) is 55.5 Å². The summed E-state index contributed by atoms with van der Waals surface area (Å²) in [5, 5.41) is 6.99. The molecule has 0 fully saturated rings. The van der Waals surface area contributed by atoms with Crippen LogP contribution in [-0.4, -0.2) is 5.16 Å². The summed E-state index contributed by atoms with van der Waals surface area (Å²) in [4.78, 5) is 0. The number of benzene rings is 1. The summed E-state index contributed by atoms with van der Waals surface area (Å²) in [6.45, 7) is 7.38. The smallest absolute Gasteiger partial charge is 0.128 e. The van der Waals surface area contributed by atoms with Gasteiger partial charge in [0.2, 0.25) is 0 Å². The Kier molecular flexibility index (Phi) is 3.18. The first-order valence-corrected chi connectivity index (χ1v) is 5.78. The van der Waals surface area contributed by atoms with Crippen LogP contribution in [0.4, 0.5) is 5.69 Å². The summed E-state index contributed by atoms with van der Waals surface area (Å²) in [7, 11) is 0. The summed E-state index contributed by atoms with van der Waals surface area (Å²) in [5.74, 6) is 0. The summed E-state index contributed by atoms with van der Waals surface area (Å²) in [6, 6.07) is 8.54. The predicted octanol–water partition coefficient (Wildman–Crippen LogP) is 3.58. The van der Waals surface area contributed by atoms with Crippen LogP contribution in [0.3, 0.4) is 0 Å². The maximum Gasteiger partial charge on any atom is 0.128 e. The zero-order valence-electron chi connectivity index (χ0n) is 10.5. The highest BCUT2D eigenvalue weighted by Gasteiger charge is 2.12. The first kappa shape index (κ1) is 11.7. The Bertz CT molecular complexity index is 452. The van der Waals surface area contributed by atoms with E-state index in [0.29, 0.717) is 0 Å². The van der Waals surface area contributed by atoms with E-state index in [0.717, 1.165) is 17.8 Å². The second kappa shape index (κ2) is 4.62. The van der Waals surface area contributed by atoms with Gasteiger partial charge >= 0.3 is 0 Å². The summed E-state index contributed by atoms with van der Waals surface area (Å²) < 4.78 is 4.78. The van der Waals surface area contributed by atoms with Crippen molar-refractivity contribution in [2.75, 3.05) is 5.32 Å². The van der Waals surface area contributed by atoms with Gasteiger partial charge in [0.15, 0.2) is 0 Å². The fourth-order valence-electron chi connectivity index (χ4n) is 1.61. The maximum absolute atomic E-state index is 4.78. The molecule has 0 aliphatic heterocycles. The Hall–Kier alpha value is -1.77. The minimum absolute atomic E-state index is 0.201. The number of rotatable bonds is 3. The molecule has 0 amide bonds. The van der Waals surface area contributed by atoms with Gasteiger partial charge in [0, 0.05) is 17.8 Å². The number of hydrogen-bond donors (Lipinski definition) is 1. The molecule has 1 aromatic heterocycles. The van der Waals surface area contributed by atoms with Crippen molar-refractivity contribution in [1.29, 1.82) is 0 Å². The fraction of sp³-hybridized carbons (Fsp3) is 0.357. The monoisotopic (exact) mass is 230 g/mol. The van der Waals surface area contributed by atoms with Gasteiger partial charge in [-0.25, -0.2) is 0 Å². The molecule has 1 aromatic carbocycles. The van der Waals surface area contributed by atoms with E-state index in [4.69, 9.17) is 4.52 Å². The summed E-state index contributed by atoms with van der Waals surface area (Å²) >= 11 is 0. The third kappa shape index (κ3) is 3.09. The van der Waals surface area contributed by atoms with E-state index in [9.17, 15) is 0 Å². The second-order valence-corrected chi connectivity index (χ2v) is 5.21. The van der Waals surface area contributed by atoms with Crippen molar-refractivity contribution >= 4 is 5.69 Å². The molecule has 90 valence electrons. The molecule has 1 N–H and O–H groups in total. The van der Waals surface area contributed by atoms with Gasteiger partial charge in [-0.05, 0) is 23.1 Å². The van der Waals surface area contributed by atoms with Crippen LogP contribution in [0.5, 0.6) is 0 Å². The van der Waals surface area contributed by atoms with Crippen LogP contribution >= 0.6 is 0 Å². The van der Waals surface area contributed by atoms with Gasteiger partial charge in [0.25, 0.3) is 0 Å². The maximum atomic E-state index is 4.78. The summed E-state index contributed by atoms with van der Waals surface area (Å²) in [5.41, 5.74) is 3.70. The van der Waals surface area contributed by atoms with Crippen LogP contribution in [-0.2, 0) is 12.0 Å². The standard InChI is InChI=1S/C14H18N2O/c1-14(2,3)12-4-6-13(7-5-12)15-8-11-9-16-17-10-11/h4-7,9-10,15H,8H2,1-3H3. The zero-order chi connectivity index (χ0) is 12.3. The van der Waals surface area contributed by atoms with Gasteiger partial charge in [-0.2, -0.15) is 0 Å². The lowest BCUT2D eigenvalue weighted by Crippen LogP contribution is -2.10. The SMILES string of the molecule is CC(C)(C)c1ccc(NCc2cnoc2)cc1. The lowest BCUT2D eigenvalue weighted by atomic mass is 9.87. The van der Waals surface area contributed by atoms with Gasteiger partial charge in [-0.1, -0.05) is 38.1 Å². The molecule has 3 heteroatoms. The molecular weight excluding hydrogens is 212 g/mol. The van der Waals surface area contributed by atoms with E-state index < -0.39 is 0 Å². The van der Waals surface area contributed by atoms with Crippen molar-refractivity contribution in [3.63, 3.8) is 0 Å². The van der Waals surface area contributed by atoms with Crippen molar-refractivity contribution in [3.8, 4) is 0 Å². The van der Waals surface area contributed by atoms with E-state index in [-0.39, 0.29) is 5.41 Å². The molecule has 0 spiro atoms. The van der Waals surface area contributed by atoms with Crippen molar-refractivity contribution < 1.29 is 4.52 Å². The van der Waals surface area contributed by atoms with Crippen LogP contribution < -0.4 is 5.32 Å². The third-order valence-corrected chi connectivity index (χ3v) is 2.73. The minimum Gasteiger partial charge on any atom is -0.381 e. The molecule has 1 heterocycles. The highest BCUT2D eigenvalue weighted by Crippen LogP contribution is 2.23. The highest BCUT2D eigenvalue weighted by molar-refractivity contribution is 5.46. The van der Waals surface area contributed by atoms with Crippen LogP contribution in [0.2, 0.25) is 0 Å². The largest absolute Gasteiger partial charge is 0.381 e. The Morgan fingerprint density at radius 2 is 1.88 bits per heavy atom. The van der Waals surface area contributed by atoms with Crippen LogP contribution in [0.15, 0.2) is 41.2 Å². The molecular formula is C14H18N2O. The Balaban J connectivity index is 1.99. The van der Waals surface area contributed by atoms with Crippen molar-refractivity contribution in [1.82, 2.24) is 5.16 Å². The lowest BCUT2D eigenvalue weighted by molar-refractivity contribution is 0.419. The molecule has 17 heavy (non-hydrogen) atoms. The molecule has 2 aromatic rings. The molecule has 0 unspecified atom stereocenters. The Labute approximate surface area is 102 Å². The molecule has 0 radical (unpaired) electrons. The molecule has 0 aliphatic rings. The normalized spacial score (nSPS) is 11.5. The molecule has 0 aliphatic carbocycles. The van der Waals surface area contributed by atoms with Crippen molar-refractivity contribution in [3.05, 3.63) is 47.9 Å². The minimum atomic E-state index is 0.201. The molecule has 0 saturated heterocycles. The first-order chi connectivity index (χ1) is 8.05. The van der Waals surface area contributed by atoms with Crippen molar-refractivity contribution in [2.45, 2.75) is 32.7 Å². The average molecular weight is 230 g/mol. The van der Waals surface area contributed by atoms with Crippen LogP contribution in [0.1, 0.15) is 31.9 Å². The van der Waals surface area contributed by atoms with Crippen molar-refractivity contribution in [2.24, 2.45) is 0 Å². The number of aromatic nitrogens is 1. The Morgan fingerprint density at radius 3 is 2.41 bits per heavy atom. The fourth-order valence-corrected chi connectivity index (χ4v) is 1.61. The predicted molar refractivity (Wildman–Crippen MR) is 69.0 cm³/mol. The van der Waals surface area contributed by atoms with E-state index in [1.807, 2.05) is 0 Å². The van der Waals surface area contributed by atoms with E-state index in [1.54, 1.807) is 12.5 Å². The molecule has 0 bridgehead atoms. The second-order valence-electron chi connectivity index (χ2n) is 5.21. The van der Waals surface area contributed by atoms with Crippen LogP contribution in [0, 0.1) is 0 Å². The van der Waals surface area contributed by atoms with Gasteiger partial charge in [0.1, 0.15) is 6.26 Å². The van der Waals surface area contributed by atoms with Gasteiger partial charge in [-0.15, -0.1) is 0 Å². The quantitative estimate of drug-likeness (QED) is 0.875. The molecule has 0 atom stereocenters. The number of nitrogens with one attached hydrogen (secondary N) is 1. The first-order valence-electron chi connectivity index (χ1n) is 5.78. The van der Waals surface area contributed by atoms with E-state index in [1.165, 1.54) is 5.56 Å². The van der Waals surface area contributed by atoms with Gasteiger partial charge in [0.05, 0.1) is 6.20 Å².